The van der Waals surface area contributed by atoms with Crippen molar-refractivity contribution in [3.8, 4) is 0 Å². The Hall–Kier alpha value is -1.65. The normalized spacial score (nSPS) is 13.7. The highest BCUT2D eigenvalue weighted by atomic mass is 15.3. The van der Waals surface area contributed by atoms with Crippen LogP contribution in [0.25, 0.3) is 5.78 Å². The minimum absolute atomic E-state index is 0.398. The molecule has 0 saturated carbocycles. The summed E-state index contributed by atoms with van der Waals surface area (Å²) in [6, 6.07) is 1.93. The first kappa shape index (κ1) is 13.8. The summed E-state index contributed by atoms with van der Waals surface area (Å²) in [4.78, 5) is 8.21. The van der Waals surface area contributed by atoms with Crippen molar-refractivity contribution in [2.24, 2.45) is 11.3 Å². The fraction of sp³-hybridized carbons (Fsp3) is 0.643. The minimum Gasteiger partial charge on any atom is -0.370 e. The number of anilines is 1. The van der Waals surface area contributed by atoms with Crippen molar-refractivity contribution in [1.29, 1.82) is 0 Å². The van der Waals surface area contributed by atoms with Crippen LogP contribution in [0.5, 0.6) is 0 Å². The van der Waals surface area contributed by atoms with Crippen molar-refractivity contribution in [3.05, 3.63) is 18.6 Å². The number of nitrogens with zero attached hydrogens (tertiary/aromatic N) is 4. The summed E-state index contributed by atoms with van der Waals surface area (Å²) in [5.41, 5.74) is 0.398. The lowest BCUT2D eigenvalue weighted by Gasteiger charge is -2.23. The fourth-order valence-corrected chi connectivity index (χ4v) is 2.47. The molecule has 0 aliphatic heterocycles. The smallest absolute Gasteiger partial charge is 0.254 e. The summed E-state index contributed by atoms with van der Waals surface area (Å²) < 4.78 is 1.73. The van der Waals surface area contributed by atoms with Crippen molar-refractivity contribution >= 4 is 11.6 Å². The quantitative estimate of drug-likeness (QED) is 0.899. The third-order valence-corrected chi connectivity index (χ3v) is 3.08. The summed E-state index contributed by atoms with van der Waals surface area (Å²) >= 11 is 0. The maximum atomic E-state index is 4.16. The molecule has 1 N–H and O–H groups in total. The molecule has 0 aliphatic carbocycles. The van der Waals surface area contributed by atoms with Gasteiger partial charge in [0, 0.05) is 12.7 Å². The van der Waals surface area contributed by atoms with E-state index < -0.39 is 0 Å². The largest absolute Gasteiger partial charge is 0.370 e. The molecule has 0 aliphatic rings. The summed E-state index contributed by atoms with van der Waals surface area (Å²) in [6.45, 7) is 10.1. The van der Waals surface area contributed by atoms with Crippen molar-refractivity contribution in [3.63, 3.8) is 0 Å². The maximum absolute atomic E-state index is 4.16. The van der Waals surface area contributed by atoms with Crippen LogP contribution in [0.2, 0.25) is 0 Å². The van der Waals surface area contributed by atoms with Crippen molar-refractivity contribution in [2.45, 2.75) is 40.5 Å². The number of fused-ring (bicyclic) bond motifs is 1. The van der Waals surface area contributed by atoms with Crippen LogP contribution in [0.1, 0.15) is 40.5 Å². The molecule has 0 amide bonds. The monoisotopic (exact) mass is 261 g/mol. The molecule has 0 aromatic carbocycles. The van der Waals surface area contributed by atoms with Crippen molar-refractivity contribution in [1.82, 2.24) is 19.6 Å². The van der Waals surface area contributed by atoms with E-state index in [0.29, 0.717) is 17.1 Å². The molecule has 2 aromatic rings. The van der Waals surface area contributed by atoms with Crippen molar-refractivity contribution < 1.29 is 0 Å². The molecular weight excluding hydrogens is 238 g/mol. The predicted octanol–water partition coefficient (Wildman–Crippen LogP) is 3.00. The van der Waals surface area contributed by atoms with Gasteiger partial charge >= 0.3 is 0 Å². The van der Waals surface area contributed by atoms with Gasteiger partial charge in [-0.25, -0.2) is 4.98 Å². The predicted molar refractivity (Wildman–Crippen MR) is 77.1 cm³/mol. The van der Waals surface area contributed by atoms with E-state index in [9.17, 15) is 0 Å². The third-order valence-electron chi connectivity index (χ3n) is 3.08. The Morgan fingerprint density at radius 3 is 2.84 bits per heavy atom. The number of hydrogen-bond acceptors (Lipinski definition) is 4. The average molecular weight is 261 g/mol. The molecule has 1 unspecified atom stereocenters. The standard InChI is InChI=1S/C14H23N5/c1-11(9-14(2,3)4)5-7-15-12-6-8-16-13-17-10-18-19(12)13/h6,8,10-11,15H,5,7,9H2,1-4H3. The first-order valence-corrected chi connectivity index (χ1v) is 6.84. The Morgan fingerprint density at radius 2 is 2.11 bits per heavy atom. The van der Waals surface area contributed by atoms with Crippen LogP contribution in [0.4, 0.5) is 5.82 Å². The van der Waals surface area contributed by atoms with Gasteiger partial charge in [0.2, 0.25) is 0 Å². The van der Waals surface area contributed by atoms with Gasteiger partial charge in [-0.3, -0.25) is 0 Å². The summed E-state index contributed by atoms with van der Waals surface area (Å²) in [5, 5.41) is 7.57. The van der Waals surface area contributed by atoms with Crippen LogP contribution in [-0.4, -0.2) is 26.1 Å². The number of aromatic nitrogens is 4. The molecule has 5 nitrogen and oxygen atoms in total. The number of hydrogen-bond donors (Lipinski definition) is 1. The molecule has 5 heteroatoms. The molecule has 0 fully saturated rings. The van der Waals surface area contributed by atoms with Gasteiger partial charge in [-0.2, -0.15) is 14.6 Å². The highest BCUT2D eigenvalue weighted by molar-refractivity contribution is 5.41. The Labute approximate surface area is 114 Å². The van der Waals surface area contributed by atoms with E-state index in [1.54, 1.807) is 10.7 Å². The summed E-state index contributed by atoms with van der Waals surface area (Å²) in [5.74, 6) is 2.29. The molecule has 2 aromatic heterocycles. The van der Waals surface area contributed by atoms with E-state index >= 15 is 0 Å². The van der Waals surface area contributed by atoms with E-state index in [1.807, 2.05) is 6.07 Å². The Kier molecular flexibility index (Phi) is 4.02. The van der Waals surface area contributed by atoms with Gasteiger partial charge in [-0.05, 0) is 30.2 Å². The van der Waals surface area contributed by atoms with Crippen LogP contribution in [-0.2, 0) is 0 Å². The lowest BCUT2D eigenvalue weighted by Crippen LogP contribution is -2.15. The van der Waals surface area contributed by atoms with Gasteiger partial charge in [0.15, 0.2) is 0 Å². The van der Waals surface area contributed by atoms with E-state index in [0.717, 1.165) is 18.8 Å². The van der Waals surface area contributed by atoms with Gasteiger partial charge in [-0.15, -0.1) is 0 Å². The maximum Gasteiger partial charge on any atom is 0.254 e. The molecule has 2 heterocycles. The first-order chi connectivity index (χ1) is 8.96. The molecule has 2 rings (SSSR count). The molecule has 0 radical (unpaired) electrons. The lowest BCUT2D eigenvalue weighted by molar-refractivity contribution is 0.300. The zero-order valence-electron chi connectivity index (χ0n) is 12.2. The second kappa shape index (κ2) is 5.55. The van der Waals surface area contributed by atoms with Gasteiger partial charge in [-0.1, -0.05) is 27.7 Å². The van der Waals surface area contributed by atoms with Crippen LogP contribution in [0.3, 0.4) is 0 Å². The SMILES string of the molecule is CC(CCNc1ccnc2ncnn12)CC(C)(C)C. The van der Waals surface area contributed by atoms with Gasteiger partial charge in [0.1, 0.15) is 12.1 Å². The molecular formula is C14H23N5. The highest BCUT2D eigenvalue weighted by Crippen LogP contribution is 2.25. The molecule has 0 saturated heterocycles. The molecule has 0 spiro atoms. The van der Waals surface area contributed by atoms with Gasteiger partial charge < -0.3 is 5.32 Å². The lowest BCUT2D eigenvalue weighted by atomic mass is 9.84. The first-order valence-electron chi connectivity index (χ1n) is 6.84. The molecule has 19 heavy (non-hydrogen) atoms. The zero-order valence-corrected chi connectivity index (χ0v) is 12.2. The molecule has 104 valence electrons. The summed E-state index contributed by atoms with van der Waals surface area (Å²) in [6.07, 6.45) is 5.67. The van der Waals surface area contributed by atoms with Crippen LogP contribution in [0, 0.1) is 11.3 Å². The minimum atomic E-state index is 0.398. The highest BCUT2D eigenvalue weighted by Gasteiger charge is 2.15. The zero-order chi connectivity index (χ0) is 13.9. The van der Waals surface area contributed by atoms with Crippen LogP contribution < -0.4 is 5.32 Å². The van der Waals surface area contributed by atoms with E-state index in [4.69, 9.17) is 0 Å². The van der Waals surface area contributed by atoms with Crippen molar-refractivity contribution in [2.75, 3.05) is 11.9 Å². The average Bonchev–Trinajstić information content (AvgIpc) is 2.75. The summed E-state index contributed by atoms with van der Waals surface area (Å²) in [7, 11) is 0. The fourth-order valence-electron chi connectivity index (χ4n) is 2.47. The van der Waals surface area contributed by atoms with Crippen LogP contribution in [0.15, 0.2) is 18.6 Å². The second-order valence-corrected chi connectivity index (χ2v) is 6.39. The Balaban J connectivity index is 1.87. The van der Waals surface area contributed by atoms with Gasteiger partial charge in [0.05, 0.1) is 0 Å². The third kappa shape index (κ3) is 3.91. The topological polar surface area (TPSA) is 55.1 Å². The van der Waals surface area contributed by atoms with Crippen LogP contribution >= 0.6 is 0 Å². The van der Waals surface area contributed by atoms with Gasteiger partial charge in [0.25, 0.3) is 5.78 Å². The van der Waals surface area contributed by atoms with E-state index in [1.165, 1.54) is 12.7 Å². The Bertz CT molecular complexity index is 526. The molecule has 0 bridgehead atoms. The molecule has 1 atom stereocenters. The number of nitrogens with one attached hydrogen (secondary N) is 1. The van der Waals surface area contributed by atoms with E-state index in [-0.39, 0.29) is 0 Å². The number of rotatable bonds is 5. The Morgan fingerprint density at radius 1 is 1.32 bits per heavy atom. The van der Waals surface area contributed by atoms with E-state index in [2.05, 4.69) is 48.1 Å². The second-order valence-electron chi connectivity index (χ2n) is 6.39.